The van der Waals surface area contributed by atoms with Crippen molar-refractivity contribution in [3.8, 4) is 0 Å². The maximum absolute atomic E-state index is 13.6. The van der Waals surface area contributed by atoms with Crippen LogP contribution in [0.4, 0.5) is 4.39 Å². The van der Waals surface area contributed by atoms with Crippen LogP contribution in [0.3, 0.4) is 0 Å². The molecule has 1 N–H and O–H groups in total. The fourth-order valence-electron chi connectivity index (χ4n) is 2.57. The average molecular weight is 358 g/mol. The molecule has 1 amide bonds. The van der Waals surface area contributed by atoms with Crippen molar-refractivity contribution >= 4 is 28.3 Å². The lowest BCUT2D eigenvalue weighted by molar-refractivity contribution is -0.118. The third-order valence-corrected chi connectivity index (χ3v) is 5.36. The Bertz CT molecular complexity index is 598. The quantitative estimate of drug-likeness (QED) is 0.756. The number of halogens is 2. The second-order valence-corrected chi connectivity index (χ2v) is 7.50. The van der Waals surface area contributed by atoms with Crippen LogP contribution < -0.4 is 5.32 Å². The number of benzene rings is 1. The molecule has 3 nitrogen and oxygen atoms in total. The Kier molecular flexibility index (Phi) is 7.24. The van der Waals surface area contributed by atoms with Crippen LogP contribution in [-0.2, 0) is 21.3 Å². The Morgan fingerprint density at radius 1 is 1.35 bits per heavy atom. The van der Waals surface area contributed by atoms with E-state index in [1.54, 1.807) is 6.07 Å². The van der Waals surface area contributed by atoms with Crippen molar-refractivity contribution in [2.24, 2.45) is 0 Å². The van der Waals surface area contributed by atoms with Crippen LogP contribution in [0.15, 0.2) is 29.8 Å². The molecule has 23 heavy (non-hydrogen) atoms. The standard InChI is InChI=1S/C17H21ClFNO2S/c18-15-7-4-8-16(19)14(15)11-23(22)12-17(21)20-10-9-13-5-2-1-3-6-13/h4-5,7-8H,1-3,6,9-12H2,(H,20,21). The molecule has 0 heterocycles. The molecule has 1 aliphatic carbocycles. The Morgan fingerprint density at radius 3 is 2.87 bits per heavy atom. The van der Waals surface area contributed by atoms with Gasteiger partial charge in [0.1, 0.15) is 11.6 Å². The van der Waals surface area contributed by atoms with Crippen LogP contribution in [0.25, 0.3) is 0 Å². The summed E-state index contributed by atoms with van der Waals surface area (Å²) in [5.74, 6) is -0.948. The zero-order chi connectivity index (χ0) is 16.7. The third kappa shape index (κ3) is 6.07. The number of amides is 1. The zero-order valence-electron chi connectivity index (χ0n) is 12.9. The lowest BCUT2D eigenvalue weighted by Crippen LogP contribution is -2.29. The maximum Gasteiger partial charge on any atom is 0.232 e. The Morgan fingerprint density at radius 2 is 2.17 bits per heavy atom. The molecule has 0 saturated heterocycles. The molecule has 2 rings (SSSR count). The predicted molar refractivity (Wildman–Crippen MR) is 92.3 cm³/mol. The van der Waals surface area contributed by atoms with Crippen molar-refractivity contribution in [1.29, 1.82) is 0 Å². The molecular formula is C17H21ClFNO2S. The summed E-state index contributed by atoms with van der Waals surface area (Å²) < 4.78 is 25.6. The largest absolute Gasteiger partial charge is 0.355 e. The molecule has 1 aromatic rings. The second-order valence-electron chi connectivity index (χ2n) is 5.64. The Labute approximate surface area is 143 Å². The Hall–Kier alpha value is -1.20. The summed E-state index contributed by atoms with van der Waals surface area (Å²) in [5.41, 5.74) is 1.59. The molecule has 0 aromatic heterocycles. The minimum atomic E-state index is -1.48. The van der Waals surface area contributed by atoms with Gasteiger partial charge in [0.15, 0.2) is 0 Å². The van der Waals surface area contributed by atoms with Crippen LogP contribution in [-0.4, -0.2) is 22.4 Å². The molecule has 0 bridgehead atoms. The van der Waals surface area contributed by atoms with Gasteiger partial charge in [-0.2, -0.15) is 0 Å². The molecule has 1 aliphatic rings. The van der Waals surface area contributed by atoms with Crippen LogP contribution in [0.1, 0.15) is 37.7 Å². The zero-order valence-corrected chi connectivity index (χ0v) is 14.5. The molecule has 0 fully saturated rings. The normalized spacial score (nSPS) is 15.8. The van der Waals surface area contributed by atoms with Gasteiger partial charge >= 0.3 is 0 Å². The van der Waals surface area contributed by atoms with E-state index in [1.165, 1.54) is 30.5 Å². The number of hydrogen-bond donors (Lipinski definition) is 1. The second kappa shape index (κ2) is 9.18. The van der Waals surface area contributed by atoms with Crippen molar-refractivity contribution in [3.05, 3.63) is 46.3 Å². The number of carbonyl (C=O) groups is 1. The predicted octanol–water partition coefficient (Wildman–Crippen LogP) is 3.73. The molecule has 1 atom stereocenters. The van der Waals surface area contributed by atoms with E-state index in [-0.39, 0.29) is 28.0 Å². The van der Waals surface area contributed by atoms with Gasteiger partial charge in [-0.05, 0) is 44.2 Å². The monoisotopic (exact) mass is 357 g/mol. The SMILES string of the molecule is O=C(CS(=O)Cc1c(F)cccc1Cl)NCCC1=CCCCC1. The van der Waals surface area contributed by atoms with Crippen LogP contribution in [0.2, 0.25) is 5.02 Å². The van der Waals surface area contributed by atoms with Gasteiger partial charge in [0, 0.05) is 27.9 Å². The van der Waals surface area contributed by atoms with Crippen LogP contribution in [0.5, 0.6) is 0 Å². The van der Waals surface area contributed by atoms with Gasteiger partial charge in [-0.1, -0.05) is 29.3 Å². The molecule has 0 aliphatic heterocycles. The lowest BCUT2D eigenvalue weighted by Gasteiger charge is -2.13. The molecule has 1 unspecified atom stereocenters. The maximum atomic E-state index is 13.6. The van der Waals surface area contributed by atoms with Gasteiger partial charge in [-0.25, -0.2) is 4.39 Å². The van der Waals surface area contributed by atoms with Crippen LogP contribution >= 0.6 is 11.6 Å². The highest BCUT2D eigenvalue weighted by molar-refractivity contribution is 7.84. The summed E-state index contributed by atoms with van der Waals surface area (Å²) in [6.07, 6.45) is 7.77. The number of hydrogen-bond acceptors (Lipinski definition) is 2. The van der Waals surface area contributed by atoms with Gasteiger partial charge in [0.05, 0.1) is 5.75 Å². The summed E-state index contributed by atoms with van der Waals surface area (Å²) in [5, 5.41) is 3.02. The van der Waals surface area contributed by atoms with E-state index in [2.05, 4.69) is 11.4 Å². The highest BCUT2D eigenvalue weighted by Crippen LogP contribution is 2.21. The number of allylic oxidation sites excluding steroid dienone is 1. The van der Waals surface area contributed by atoms with E-state index in [9.17, 15) is 13.4 Å². The minimum Gasteiger partial charge on any atom is -0.355 e. The topological polar surface area (TPSA) is 46.2 Å². The molecule has 126 valence electrons. The number of nitrogens with one attached hydrogen (secondary N) is 1. The van der Waals surface area contributed by atoms with E-state index in [0.29, 0.717) is 6.54 Å². The molecule has 0 radical (unpaired) electrons. The smallest absolute Gasteiger partial charge is 0.232 e. The molecule has 1 aromatic carbocycles. The average Bonchev–Trinajstić information content (AvgIpc) is 2.52. The summed E-state index contributed by atoms with van der Waals surface area (Å²) in [7, 11) is -1.48. The first-order valence-corrected chi connectivity index (χ1v) is 9.65. The highest BCUT2D eigenvalue weighted by Gasteiger charge is 2.14. The first kappa shape index (κ1) is 18.1. The number of carbonyl (C=O) groups excluding carboxylic acids is 1. The van der Waals surface area contributed by atoms with Crippen molar-refractivity contribution in [2.75, 3.05) is 12.3 Å². The van der Waals surface area contributed by atoms with Crippen LogP contribution in [0, 0.1) is 5.82 Å². The summed E-state index contributed by atoms with van der Waals surface area (Å²) in [6.45, 7) is 0.558. The summed E-state index contributed by atoms with van der Waals surface area (Å²) in [6, 6.07) is 4.32. The van der Waals surface area contributed by atoms with E-state index in [4.69, 9.17) is 11.6 Å². The molecule has 0 saturated carbocycles. The van der Waals surface area contributed by atoms with E-state index in [0.717, 1.165) is 19.3 Å². The van der Waals surface area contributed by atoms with Gasteiger partial charge in [-0.15, -0.1) is 0 Å². The fourth-order valence-corrected chi connectivity index (χ4v) is 3.99. The van der Waals surface area contributed by atoms with E-state index >= 15 is 0 Å². The molecule has 6 heteroatoms. The van der Waals surface area contributed by atoms with Gasteiger partial charge in [0.2, 0.25) is 5.91 Å². The summed E-state index contributed by atoms with van der Waals surface area (Å²) >= 11 is 5.90. The van der Waals surface area contributed by atoms with E-state index < -0.39 is 16.6 Å². The van der Waals surface area contributed by atoms with Crippen molar-refractivity contribution in [3.63, 3.8) is 0 Å². The van der Waals surface area contributed by atoms with E-state index in [1.807, 2.05) is 0 Å². The van der Waals surface area contributed by atoms with Crippen molar-refractivity contribution < 1.29 is 13.4 Å². The lowest BCUT2D eigenvalue weighted by atomic mass is 9.97. The van der Waals surface area contributed by atoms with Crippen molar-refractivity contribution in [2.45, 2.75) is 37.9 Å². The van der Waals surface area contributed by atoms with Gasteiger partial charge < -0.3 is 5.32 Å². The first-order chi connectivity index (χ1) is 11.1. The minimum absolute atomic E-state index is 0.0515. The molecular weight excluding hydrogens is 337 g/mol. The first-order valence-electron chi connectivity index (χ1n) is 7.78. The highest BCUT2D eigenvalue weighted by atomic mass is 35.5. The molecule has 0 spiro atoms. The van der Waals surface area contributed by atoms with Gasteiger partial charge in [-0.3, -0.25) is 9.00 Å². The third-order valence-electron chi connectivity index (χ3n) is 3.81. The fraction of sp³-hybridized carbons (Fsp3) is 0.471. The van der Waals surface area contributed by atoms with Gasteiger partial charge in [0.25, 0.3) is 0 Å². The number of rotatable bonds is 7. The Balaban J connectivity index is 1.74. The van der Waals surface area contributed by atoms with Crippen molar-refractivity contribution in [1.82, 2.24) is 5.32 Å². The summed E-state index contributed by atoms with van der Waals surface area (Å²) in [4.78, 5) is 11.8.